The zero-order chi connectivity index (χ0) is 26.5. The number of pyridine rings is 2. The molecule has 2 heterocycles. The van der Waals surface area contributed by atoms with Gasteiger partial charge in [-0.2, -0.15) is 13.2 Å². The van der Waals surface area contributed by atoms with Crippen LogP contribution >= 0.6 is 0 Å². The second kappa shape index (κ2) is 8.84. The molecule has 188 valence electrons. The maximum Gasteiger partial charge on any atom is 0.416 e. The van der Waals surface area contributed by atoms with Crippen LogP contribution < -0.4 is 4.74 Å². The average Bonchev–Trinajstić information content (AvgIpc) is 3.17. The molecule has 3 nitrogen and oxygen atoms in total. The molecule has 6 heteroatoms. The van der Waals surface area contributed by atoms with Crippen molar-refractivity contribution in [2.75, 3.05) is 0 Å². The summed E-state index contributed by atoms with van der Waals surface area (Å²) < 4.78 is 45.1. The highest BCUT2D eigenvalue weighted by Gasteiger charge is 2.42. The molecule has 0 bridgehead atoms. The van der Waals surface area contributed by atoms with E-state index in [0.717, 1.165) is 51.8 Å². The molecule has 2 aromatic heterocycles. The van der Waals surface area contributed by atoms with Crippen LogP contribution in [0.25, 0.3) is 22.3 Å². The molecule has 0 fully saturated rings. The molecule has 0 aliphatic heterocycles. The van der Waals surface area contributed by atoms with Crippen molar-refractivity contribution in [1.82, 2.24) is 9.97 Å². The normalized spacial score (nSPS) is 16.1. The molecule has 0 saturated heterocycles. The molecule has 1 unspecified atom stereocenters. The van der Waals surface area contributed by atoms with E-state index in [4.69, 9.17) is 9.72 Å². The predicted molar refractivity (Wildman–Crippen MR) is 141 cm³/mol. The van der Waals surface area contributed by atoms with Crippen LogP contribution in [0, 0.1) is 6.92 Å². The van der Waals surface area contributed by atoms with E-state index in [1.165, 1.54) is 11.1 Å². The van der Waals surface area contributed by atoms with Crippen molar-refractivity contribution in [3.8, 4) is 33.9 Å². The van der Waals surface area contributed by atoms with Crippen molar-refractivity contribution < 1.29 is 17.9 Å². The van der Waals surface area contributed by atoms with Gasteiger partial charge in [0.05, 0.1) is 16.7 Å². The van der Waals surface area contributed by atoms with Crippen LogP contribution in [0.2, 0.25) is 0 Å². The fraction of sp³-hybridized carbons (Fsp3) is 0.125. The third kappa shape index (κ3) is 4.02. The molecule has 3 aromatic carbocycles. The number of hydrogen-bond acceptors (Lipinski definition) is 3. The second-order valence-corrected chi connectivity index (χ2v) is 9.66. The number of rotatable bonds is 4. The van der Waals surface area contributed by atoms with E-state index in [0.29, 0.717) is 5.75 Å². The SMILES string of the molecule is Cc1ccnc(C2(C)c3ccccc3-c3ccc(-c4cccc(Oc5cc(C(F)(F)F)ccn5)c4)cc32)c1. The van der Waals surface area contributed by atoms with Gasteiger partial charge in [0.25, 0.3) is 0 Å². The van der Waals surface area contributed by atoms with Gasteiger partial charge in [0.1, 0.15) is 5.75 Å². The maximum atomic E-state index is 13.1. The van der Waals surface area contributed by atoms with Gasteiger partial charge in [-0.15, -0.1) is 0 Å². The van der Waals surface area contributed by atoms with E-state index in [1.807, 2.05) is 30.5 Å². The van der Waals surface area contributed by atoms with Gasteiger partial charge in [-0.05, 0) is 89.2 Å². The molecule has 1 atom stereocenters. The summed E-state index contributed by atoms with van der Waals surface area (Å²) >= 11 is 0. The minimum atomic E-state index is -4.47. The first-order chi connectivity index (χ1) is 18.2. The van der Waals surface area contributed by atoms with Gasteiger partial charge in [-0.3, -0.25) is 4.98 Å². The first kappa shape index (κ1) is 23.9. The molecule has 6 rings (SSSR count). The Hall–Kier alpha value is -4.45. The van der Waals surface area contributed by atoms with E-state index in [9.17, 15) is 13.2 Å². The van der Waals surface area contributed by atoms with Crippen molar-refractivity contribution in [2.24, 2.45) is 0 Å². The van der Waals surface area contributed by atoms with E-state index < -0.39 is 17.2 Å². The summed E-state index contributed by atoms with van der Waals surface area (Å²) in [6, 6.07) is 28.0. The first-order valence-electron chi connectivity index (χ1n) is 12.2. The summed E-state index contributed by atoms with van der Waals surface area (Å²) in [6.07, 6.45) is -1.52. The largest absolute Gasteiger partial charge is 0.439 e. The van der Waals surface area contributed by atoms with Crippen molar-refractivity contribution in [3.05, 3.63) is 131 Å². The van der Waals surface area contributed by atoms with Crippen molar-refractivity contribution >= 4 is 0 Å². The van der Waals surface area contributed by atoms with E-state index in [1.54, 1.807) is 6.07 Å². The number of ether oxygens (including phenoxy) is 1. The van der Waals surface area contributed by atoms with Crippen molar-refractivity contribution in [1.29, 1.82) is 0 Å². The molecule has 5 aromatic rings. The number of aryl methyl sites for hydroxylation is 1. The lowest BCUT2D eigenvalue weighted by molar-refractivity contribution is -0.137. The molecule has 1 aliphatic carbocycles. The zero-order valence-corrected chi connectivity index (χ0v) is 20.8. The van der Waals surface area contributed by atoms with Gasteiger partial charge in [-0.25, -0.2) is 4.98 Å². The van der Waals surface area contributed by atoms with Crippen molar-refractivity contribution in [2.45, 2.75) is 25.4 Å². The van der Waals surface area contributed by atoms with Crippen molar-refractivity contribution in [3.63, 3.8) is 0 Å². The summed E-state index contributed by atoms with van der Waals surface area (Å²) in [6.45, 7) is 4.28. The van der Waals surface area contributed by atoms with E-state index in [2.05, 4.69) is 67.4 Å². The Balaban J connectivity index is 1.41. The van der Waals surface area contributed by atoms with Crippen LogP contribution in [-0.2, 0) is 11.6 Å². The Bertz CT molecular complexity index is 1680. The molecular formula is C32H23F3N2O. The number of aromatic nitrogens is 2. The Morgan fingerprint density at radius 2 is 1.47 bits per heavy atom. The Morgan fingerprint density at radius 3 is 2.29 bits per heavy atom. The fourth-order valence-electron chi connectivity index (χ4n) is 5.26. The topological polar surface area (TPSA) is 35.0 Å². The second-order valence-electron chi connectivity index (χ2n) is 9.66. The molecule has 38 heavy (non-hydrogen) atoms. The van der Waals surface area contributed by atoms with Gasteiger partial charge >= 0.3 is 6.18 Å². The van der Waals surface area contributed by atoms with Crippen LogP contribution in [-0.4, -0.2) is 9.97 Å². The lowest BCUT2D eigenvalue weighted by Gasteiger charge is -2.27. The summed E-state index contributed by atoms with van der Waals surface area (Å²) in [5.41, 5.74) is 7.44. The van der Waals surface area contributed by atoms with Crippen LogP contribution in [0.1, 0.15) is 34.9 Å². The maximum absolute atomic E-state index is 13.1. The lowest BCUT2D eigenvalue weighted by Crippen LogP contribution is -2.24. The van der Waals surface area contributed by atoms with Crippen LogP contribution in [0.5, 0.6) is 11.6 Å². The highest BCUT2D eigenvalue weighted by atomic mass is 19.4. The van der Waals surface area contributed by atoms with Gasteiger partial charge in [-0.1, -0.05) is 48.5 Å². The summed E-state index contributed by atoms with van der Waals surface area (Å²) in [7, 11) is 0. The first-order valence-corrected chi connectivity index (χ1v) is 12.2. The monoisotopic (exact) mass is 508 g/mol. The minimum Gasteiger partial charge on any atom is -0.439 e. The van der Waals surface area contributed by atoms with Gasteiger partial charge in [0.15, 0.2) is 0 Å². The number of nitrogens with zero attached hydrogens (tertiary/aromatic N) is 2. The predicted octanol–water partition coefficient (Wildman–Crippen LogP) is 8.60. The Morgan fingerprint density at radius 1 is 0.711 bits per heavy atom. The third-order valence-corrected chi connectivity index (χ3v) is 7.19. The van der Waals surface area contributed by atoms with Gasteiger partial charge < -0.3 is 4.74 Å². The summed E-state index contributed by atoms with van der Waals surface area (Å²) in [5.74, 6) is 0.292. The molecule has 0 spiro atoms. The number of fused-ring (bicyclic) bond motifs is 3. The van der Waals surface area contributed by atoms with Crippen LogP contribution in [0.3, 0.4) is 0 Å². The average molecular weight is 509 g/mol. The van der Waals surface area contributed by atoms with Crippen LogP contribution in [0.15, 0.2) is 103 Å². The van der Waals surface area contributed by atoms with Gasteiger partial charge in [0.2, 0.25) is 5.88 Å². The Labute approximate surface area is 218 Å². The number of alkyl halides is 3. The smallest absolute Gasteiger partial charge is 0.416 e. The summed E-state index contributed by atoms with van der Waals surface area (Å²) in [5, 5.41) is 0. The number of benzene rings is 3. The quantitative estimate of drug-likeness (QED) is 0.244. The zero-order valence-electron chi connectivity index (χ0n) is 20.8. The molecular weight excluding hydrogens is 485 g/mol. The molecule has 0 amide bonds. The molecule has 1 aliphatic rings. The number of halogens is 3. The Kier molecular flexibility index (Phi) is 5.56. The van der Waals surface area contributed by atoms with Gasteiger partial charge in [0, 0.05) is 18.5 Å². The summed E-state index contributed by atoms with van der Waals surface area (Å²) in [4.78, 5) is 8.72. The molecule has 0 N–H and O–H groups in total. The lowest BCUT2D eigenvalue weighted by atomic mass is 9.76. The third-order valence-electron chi connectivity index (χ3n) is 7.19. The highest BCUT2D eigenvalue weighted by molar-refractivity contribution is 5.85. The minimum absolute atomic E-state index is 0.112. The fourth-order valence-corrected chi connectivity index (χ4v) is 5.26. The standard InChI is InChI=1S/C32H23F3N2O/c1-20-12-14-36-29(16-20)31(2)27-9-4-3-8-25(27)26-11-10-22(18-28(26)31)21-6-5-7-24(17-21)38-30-19-23(13-15-37-30)32(33,34)35/h3-19H,1-2H3. The highest BCUT2D eigenvalue weighted by Crippen LogP contribution is 2.52. The molecule has 0 radical (unpaired) electrons. The molecule has 0 saturated carbocycles. The van der Waals surface area contributed by atoms with E-state index in [-0.39, 0.29) is 5.88 Å². The van der Waals surface area contributed by atoms with Crippen LogP contribution in [0.4, 0.5) is 13.2 Å². The van der Waals surface area contributed by atoms with E-state index >= 15 is 0 Å². The number of hydrogen-bond donors (Lipinski definition) is 0.